The monoisotopic (exact) mass is 419 g/mol. The van der Waals surface area contributed by atoms with E-state index < -0.39 is 0 Å². The molecule has 2 aromatic carbocycles. The van der Waals surface area contributed by atoms with Gasteiger partial charge < -0.3 is 15.1 Å². The Morgan fingerprint density at radius 2 is 1.55 bits per heavy atom. The number of benzene rings is 2. The summed E-state index contributed by atoms with van der Waals surface area (Å²) in [6, 6.07) is 15.1. The van der Waals surface area contributed by atoms with E-state index >= 15 is 0 Å². The van der Waals surface area contributed by atoms with Crippen LogP contribution in [0.15, 0.2) is 48.5 Å². The summed E-state index contributed by atoms with van der Waals surface area (Å²) >= 11 is 0. The van der Waals surface area contributed by atoms with E-state index in [1.165, 1.54) is 0 Å². The minimum atomic E-state index is 0.0153. The summed E-state index contributed by atoms with van der Waals surface area (Å²) < 4.78 is 0. The van der Waals surface area contributed by atoms with Crippen molar-refractivity contribution in [3.05, 3.63) is 65.2 Å². The molecule has 162 valence electrons. The van der Waals surface area contributed by atoms with Gasteiger partial charge in [-0.1, -0.05) is 12.1 Å². The van der Waals surface area contributed by atoms with Gasteiger partial charge in [-0.05, 0) is 67.6 Å². The first-order valence-electron chi connectivity index (χ1n) is 11.1. The third-order valence-electron chi connectivity index (χ3n) is 6.32. The fourth-order valence-corrected chi connectivity index (χ4v) is 4.37. The van der Waals surface area contributed by atoms with Gasteiger partial charge in [0.05, 0.1) is 0 Å². The lowest BCUT2D eigenvalue weighted by molar-refractivity contribution is -0.125. The molecule has 2 amide bonds. The van der Waals surface area contributed by atoms with Gasteiger partial charge in [-0.15, -0.1) is 0 Å². The van der Waals surface area contributed by atoms with Crippen molar-refractivity contribution in [1.29, 1.82) is 0 Å². The highest BCUT2D eigenvalue weighted by atomic mass is 16.2. The summed E-state index contributed by atoms with van der Waals surface area (Å²) in [5.41, 5.74) is 3.48. The highest BCUT2D eigenvalue weighted by molar-refractivity contribution is 5.94. The van der Waals surface area contributed by atoms with Gasteiger partial charge in [0.1, 0.15) is 6.29 Å². The van der Waals surface area contributed by atoms with Crippen molar-refractivity contribution < 1.29 is 14.4 Å². The number of aldehydes is 1. The van der Waals surface area contributed by atoms with Crippen LogP contribution in [0.4, 0.5) is 5.69 Å². The summed E-state index contributed by atoms with van der Waals surface area (Å²) in [4.78, 5) is 40.0. The molecule has 0 saturated carbocycles. The predicted molar refractivity (Wildman–Crippen MR) is 120 cm³/mol. The number of amides is 2. The van der Waals surface area contributed by atoms with Gasteiger partial charge >= 0.3 is 0 Å². The number of piperidine rings is 1. The van der Waals surface area contributed by atoms with Crippen LogP contribution in [-0.4, -0.2) is 49.2 Å². The second-order valence-corrected chi connectivity index (χ2v) is 8.38. The van der Waals surface area contributed by atoms with E-state index in [1.54, 1.807) is 0 Å². The van der Waals surface area contributed by atoms with Gasteiger partial charge in [0.2, 0.25) is 5.91 Å². The molecule has 0 aliphatic carbocycles. The summed E-state index contributed by atoms with van der Waals surface area (Å²) in [6.45, 7) is 3.82. The molecule has 0 unspecified atom stereocenters. The second-order valence-electron chi connectivity index (χ2n) is 8.38. The van der Waals surface area contributed by atoms with Gasteiger partial charge in [0.25, 0.3) is 5.91 Å². The zero-order valence-corrected chi connectivity index (χ0v) is 17.8. The van der Waals surface area contributed by atoms with Crippen molar-refractivity contribution in [2.75, 3.05) is 31.1 Å². The molecule has 2 fully saturated rings. The van der Waals surface area contributed by atoms with Crippen LogP contribution in [0.25, 0.3) is 0 Å². The number of nitrogens with zero attached hydrogens (tertiary/aromatic N) is 2. The van der Waals surface area contributed by atoms with Crippen molar-refractivity contribution in [3.8, 4) is 0 Å². The topological polar surface area (TPSA) is 69.7 Å². The lowest BCUT2D eigenvalue weighted by Gasteiger charge is -2.33. The molecular weight excluding hydrogens is 390 g/mol. The lowest BCUT2D eigenvalue weighted by atomic mass is 9.95. The van der Waals surface area contributed by atoms with E-state index in [0.29, 0.717) is 17.7 Å². The molecule has 0 aromatic heterocycles. The van der Waals surface area contributed by atoms with Gasteiger partial charge in [-0.2, -0.15) is 0 Å². The first-order chi connectivity index (χ1) is 15.1. The highest BCUT2D eigenvalue weighted by Crippen LogP contribution is 2.24. The average molecular weight is 420 g/mol. The molecule has 2 aromatic rings. The predicted octanol–water partition coefficient (Wildman–Crippen LogP) is 3.27. The number of likely N-dealkylation sites (tertiary alicyclic amines) is 1. The minimum Gasteiger partial charge on any atom is -0.371 e. The molecule has 0 bridgehead atoms. The molecule has 2 aliphatic rings. The van der Waals surface area contributed by atoms with Gasteiger partial charge in [0.15, 0.2) is 0 Å². The fraction of sp³-hybridized carbons (Fsp3) is 0.400. The molecule has 2 saturated heterocycles. The number of anilines is 1. The normalized spacial score (nSPS) is 16.9. The van der Waals surface area contributed by atoms with E-state index in [0.717, 1.165) is 69.4 Å². The Morgan fingerprint density at radius 1 is 0.903 bits per heavy atom. The maximum Gasteiger partial charge on any atom is 0.253 e. The van der Waals surface area contributed by atoms with Gasteiger partial charge in [0, 0.05) is 55.5 Å². The molecule has 0 radical (unpaired) electrons. The summed E-state index contributed by atoms with van der Waals surface area (Å²) in [6.07, 6.45) is 4.64. The molecule has 0 atom stereocenters. The number of carbonyl (C=O) groups is 3. The van der Waals surface area contributed by atoms with E-state index in [1.807, 2.05) is 53.4 Å². The van der Waals surface area contributed by atoms with Crippen molar-refractivity contribution in [2.24, 2.45) is 5.92 Å². The molecular formula is C25H29N3O3. The Balaban J connectivity index is 1.23. The number of hydrogen-bond acceptors (Lipinski definition) is 4. The van der Waals surface area contributed by atoms with Crippen LogP contribution in [0, 0.1) is 5.92 Å². The van der Waals surface area contributed by atoms with Crippen LogP contribution in [0.1, 0.15) is 52.0 Å². The summed E-state index contributed by atoms with van der Waals surface area (Å²) in [5.74, 6) is 0.204. The van der Waals surface area contributed by atoms with Crippen molar-refractivity contribution in [1.82, 2.24) is 10.2 Å². The van der Waals surface area contributed by atoms with E-state index in [-0.39, 0.29) is 17.7 Å². The summed E-state index contributed by atoms with van der Waals surface area (Å²) in [7, 11) is 0. The maximum atomic E-state index is 12.6. The molecule has 1 N–H and O–H groups in total. The third kappa shape index (κ3) is 5.13. The molecule has 0 spiro atoms. The zero-order valence-electron chi connectivity index (χ0n) is 17.8. The first-order valence-corrected chi connectivity index (χ1v) is 11.1. The molecule has 31 heavy (non-hydrogen) atoms. The molecule has 6 nitrogen and oxygen atoms in total. The Kier molecular flexibility index (Phi) is 6.65. The average Bonchev–Trinajstić information content (AvgIpc) is 3.38. The van der Waals surface area contributed by atoms with Crippen molar-refractivity contribution >= 4 is 23.8 Å². The number of nitrogens with one attached hydrogen (secondary N) is 1. The van der Waals surface area contributed by atoms with Crippen LogP contribution in [-0.2, 0) is 11.3 Å². The fourth-order valence-electron chi connectivity index (χ4n) is 4.37. The Labute approximate surface area is 183 Å². The number of carbonyl (C=O) groups excluding carboxylic acids is 3. The standard InChI is InChI=1S/C25H29N3O3/c29-18-20-5-9-23(10-6-20)27-15-11-21(12-16-27)24(30)26-17-19-3-7-22(8-4-19)25(31)28-13-1-2-14-28/h3-10,18,21H,1-2,11-17H2,(H,26,30). The molecule has 4 rings (SSSR count). The zero-order chi connectivity index (χ0) is 21.6. The van der Waals surface area contributed by atoms with Crippen LogP contribution in [0.5, 0.6) is 0 Å². The van der Waals surface area contributed by atoms with Crippen LogP contribution >= 0.6 is 0 Å². The largest absolute Gasteiger partial charge is 0.371 e. The van der Waals surface area contributed by atoms with Crippen LogP contribution in [0.3, 0.4) is 0 Å². The van der Waals surface area contributed by atoms with Crippen molar-refractivity contribution in [3.63, 3.8) is 0 Å². The first kappa shape index (κ1) is 21.1. The SMILES string of the molecule is O=Cc1ccc(N2CCC(C(=O)NCc3ccc(C(=O)N4CCCC4)cc3)CC2)cc1. The van der Waals surface area contributed by atoms with E-state index in [9.17, 15) is 14.4 Å². The Hall–Kier alpha value is -3.15. The van der Waals surface area contributed by atoms with Crippen LogP contribution < -0.4 is 10.2 Å². The second kappa shape index (κ2) is 9.77. The Morgan fingerprint density at radius 3 is 2.16 bits per heavy atom. The molecule has 2 heterocycles. The quantitative estimate of drug-likeness (QED) is 0.730. The number of rotatable bonds is 6. The smallest absolute Gasteiger partial charge is 0.253 e. The van der Waals surface area contributed by atoms with Gasteiger partial charge in [-0.3, -0.25) is 14.4 Å². The maximum absolute atomic E-state index is 12.6. The highest BCUT2D eigenvalue weighted by Gasteiger charge is 2.25. The summed E-state index contributed by atoms with van der Waals surface area (Å²) in [5, 5.41) is 3.05. The van der Waals surface area contributed by atoms with Crippen molar-refractivity contribution in [2.45, 2.75) is 32.2 Å². The van der Waals surface area contributed by atoms with Crippen LogP contribution in [0.2, 0.25) is 0 Å². The molecule has 6 heteroatoms. The Bertz CT molecular complexity index is 910. The molecule has 2 aliphatic heterocycles. The number of hydrogen-bond donors (Lipinski definition) is 1. The van der Waals surface area contributed by atoms with E-state index in [4.69, 9.17) is 0 Å². The minimum absolute atomic E-state index is 0.0153. The lowest BCUT2D eigenvalue weighted by Crippen LogP contribution is -2.40. The third-order valence-corrected chi connectivity index (χ3v) is 6.32. The van der Waals surface area contributed by atoms with E-state index in [2.05, 4.69) is 10.2 Å². The van der Waals surface area contributed by atoms with Gasteiger partial charge in [-0.25, -0.2) is 0 Å².